The molecule has 0 N–H and O–H groups in total. The molecule has 0 unspecified atom stereocenters. The van der Waals surface area contributed by atoms with Crippen LogP contribution in [0.15, 0.2) is 47.2 Å². The van der Waals surface area contributed by atoms with Crippen molar-refractivity contribution in [2.45, 2.75) is 19.3 Å². The molecule has 1 fully saturated rings. The number of hydrogen-bond donors (Lipinski definition) is 0. The van der Waals surface area contributed by atoms with E-state index in [1.54, 1.807) is 11.1 Å². The largest absolute Gasteiger partial charge is 0.337 e. The second-order valence-corrected chi connectivity index (χ2v) is 6.10. The van der Waals surface area contributed by atoms with E-state index in [2.05, 4.69) is 20.1 Å². The molecule has 7 heteroatoms. The molecule has 126 valence electrons. The maximum Gasteiger partial charge on any atom is 0.274 e. The van der Waals surface area contributed by atoms with Crippen molar-refractivity contribution in [1.29, 1.82) is 0 Å². The normalized spacial score (nSPS) is 17.0. The van der Waals surface area contributed by atoms with Gasteiger partial charge in [0.1, 0.15) is 5.69 Å². The van der Waals surface area contributed by atoms with E-state index in [0.29, 0.717) is 30.5 Å². The van der Waals surface area contributed by atoms with Gasteiger partial charge in [0.2, 0.25) is 0 Å². The zero-order valence-corrected chi connectivity index (χ0v) is 13.8. The molecule has 1 atom stereocenters. The van der Waals surface area contributed by atoms with Crippen molar-refractivity contribution < 1.29 is 9.32 Å². The van der Waals surface area contributed by atoms with Crippen LogP contribution in [0.2, 0.25) is 0 Å². The lowest BCUT2D eigenvalue weighted by Crippen LogP contribution is -2.29. The average molecular weight is 335 g/mol. The Hall–Kier alpha value is -3.09. The zero-order valence-electron chi connectivity index (χ0n) is 13.8. The monoisotopic (exact) mass is 335 g/mol. The van der Waals surface area contributed by atoms with Crippen LogP contribution in [0.5, 0.6) is 0 Å². The molecule has 1 aromatic carbocycles. The van der Waals surface area contributed by atoms with Crippen LogP contribution < -0.4 is 0 Å². The molecule has 1 aliphatic heterocycles. The van der Waals surface area contributed by atoms with Crippen LogP contribution in [0.1, 0.15) is 34.3 Å². The lowest BCUT2D eigenvalue weighted by atomic mass is 10.1. The Bertz CT molecular complexity index is 876. The molecule has 0 bridgehead atoms. The molecule has 0 aliphatic carbocycles. The minimum Gasteiger partial charge on any atom is -0.337 e. The summed E-state index contributed by atoms with van der Waals surface area (Å²) in [6, 6.07) is 9.65. The quantitative estimate of drug-likeness (QED) is 0.731. The summed E-state index contributed by atoms with van der Waals surface area (Å²) in [5.74, 6) is 1.11. The van der Waals surface area contributed by atoms with E-state index in [-0.39, 0.29) is 11.8 Å². The standard InChI is InChI=1S/C18H17N5O2/c1-12-9-20-15(10-19-12)18(24)23-8-7-14(11-23)16-21-17(25-22-16)13-5-3-2-4-6-13/h2-6,9-10,14H,7-8,11H2,1H3/t14-/m0/s1. The summed E-state index contributed by atoms with van der Waals surface area (Å²) >= 11 is 0. The Morgan fingerprint density at radius 2 is 2.04 bits per heavy atom. The first-order chi connectivity index (χ1) is 12.2. The highest BCUT2D eigenvalue weighted by molar-refractivity contribution is 5.92. The molecular weight excluding hydrogens is 318 g/mol. The highest BCUT2D eigenvalue weighted by Crippen LogP contribution is 2.28. The van der Waals surface area contributed by atoms with Gasteiger partial charge in [0.15, 0.2) is 5.82 Å². The molecular formula is C18H17N5O2. The van der Waals surface area contributed by atoms with Gasteiger partial charge >= 0.3 is 0 Å². The fraction of sp³-hybridized carbons (Fsp3) is 0.278. The van der Waals surface area contributed by atoms with Gasteiger partial charge in [0.25, 0.3) is 11.8 Å². The fourth-order valence-electron chi connectivity index (χ4n) is 2.92. The van der Waals surface area contributed by atoms with Gasteiger partial charge in [-0.3, -0.25) is 9.78 Å². The molecule has 4 rings (SSSR count). The molecule has 1 saturated heterocycles. The van der Waals surface area contributed by atoms with E-state index >= 15 is 0 Å². The molecule has 0 radical (unpaired) electrons. The lowest BCUT2D eigenvalue weighted by Gasteiger charge is -2.14. The summed E-state index contributed by atoms with van der Waals surface area (Å²) in [5, 5.41) is 4.10. The molecule has 7 nitrogen and oxygen atoms in total. The van der Waals surface area contributed by atoms with Gasteiger partial charge in [-0.15, -0.1) is 0 Å². The molecule has 2 aromatic heterocycles. The van der Waals surface area contributed by atoms with Gasteiger partial charge in [0, 0.05) is 30.8 Å². The minimum absolute atomic E-state index is 0.0727. The Balaban J connectivity index is 1.47. The summed E-state index contributed by atoms with van der Waals surface area (Å²) in [4.78, 5) is 27.1. The molecule has 0 saturated carbocycles. The van der Waals surface area contributed by atoms with E-state index in [9.17, 15) is 4.79 Å². The Kier molecular flexibility index (Phi) is 3.97. The summed E-state index contributed by atoms with van der Waals surface area (Å²) in [5.41, 5.74) is 2.04. The van der Waals surface area contributed by atoms with Crippen molar-refractivity contribution >= 4 is 5.91 Å². The number of benzene rings is 1. The molecule has 1 amide bonds. The van der Waals surface area contributed by atoms with Gasteiger partial charge in [0.05, 0.1) is 11.9 Å². The number of carbonyl (C=O) groups is 1. The second kappa shape index (κ2) is 6.43. The number of hydrogen-bond acceptors (Lipinski definition) is 6. The van der Waals surface area contributed by atoms with Crippen LogP contribution in [0, 0.1) is 6.92 Å². The van der Waals surface area contributed by atoms with Gasteiger partial charge in [-0.25, -0.2) is 4.98 Å². The Labute approximate surface area is 144 Å². The summed E-state index contributed by atoms with van der Waals surface area (Å²) in [7, 11) is 0. The number of aromatic nitrogens is 4. The van der Waals surface area contributed by atoms with Gasteiger partial charge in [-0.1, -0.05) is 23.4 Å². The Morgan fingerprint density at radius 3 is 2.80 bits per heavy atom. The van der Waals surface area contributed by atoms with Crippen LogP contribution in [0.4, 0.5) is 0 Å². The van der Waals surface area contributed by atoms with Crippen molar-refractivity contribution in [3.63, 3.8) is 0 Å². The third-order valence-electron chi connectivity index (χ3n) is 4.30. The predicted molar refractivity (Wildman–Crippen MR) is 89.8 cm³/mol. The van der Waals surface area contributed by atoms with Crippen molar-refractivity contribution in [2.75, 3.05) is 13.1 Å². The second-order valence-electron chi connectivity index (χ2n) is 6.10. The number of likely N-dealkylation sites (tertiary alicyclic amines) is 1. The lowest BCUT2D eigenvalue weighted by molar-refractivity contribution is 0.0784. The van der Waals surface area contributed by atoms with Gasteiger partial charge in [-0.2, -0.15) is 4.98 Å². The van der Waals surface area contributed by atoms with E-state index in [1.807, 2.05) is 37.3 Å². The number of aryl methyl sites for hydroxylation is 1. The SMILES string of the molecule is Cc1cnc(C(=O)N2CC[C@H](c3noc(-c4ccccc4)n3)C2)cn1. The number of rotatable bonds is 3. The van der Waals surface area contributed by atoms with E-state index in [4.69, 9.17) is 4.52 Å². The third kappa shape index (κ3) is 3.13. The number of nitrogens with zero attached hydrogens (tertiary/aromatic N) is 5. The van der Waals surface area contributed by atoms with Crippen LogP contribution >= 0.6 is 0 Å². The van der Waals surface area contributed by atoms with Crippen molar-refractivity contribution in [2.24, 2.45) is 0 Å². The zero-order chi connectivity index (χ0) is 17.2. The summed E-state index contributed by atoms with van der Waals surface area (Å²) in [6.45, 7) is 3.05. The van der Waals surface area contributed by atoms with E-state index < -0.39 is 0 Å². The third-order valence-corrected chi connectivity index (χ3v) is 4.30. The van der Waals surface area contributed by atoms with Gasteiger partial charge in [-0.05, 0) is 25.5 Å². The molecule has 1 aliphatic rings. The first-order valence-corrected chi connectivity index (χ1v) is 8.17. The average Bonchev–Trinajstić information content (AvgIpc) is 3.32. The number of amides is 1. The van der Waals surface area contributed by atoms with Crippen LogP contribution in [0.25, 0.3) is 11.5 Å². The first kappa shape index (κ1) is 15.4. The first-order valence-electron chi connectivity index (χ1n) is 8.17. The topological polar surface area (TPSA) is 85.0 Å². The Morgan fingerprint density at radius 1 is 1.20 bits per heavy atom. The van der Waals surface area contributed by atoms with Crippen molar-refractivity contribution in [1.82, 2.24) is 25.0 Å². The molecule has 3 aromatic rings. The van der Waals surface area contributed by atoms with Crippen molar-refractivity contribution in [3.05, 3.63) is 59.9 Å². The smallest absolute Gasteiger partial charge is 0.274 e. The predicted octanol–water partition coefficient (Wildman–Crippen LogP) is 2.46. The summed E-state index contributed by atoms with van der Waals surface area (Å²) in [6.07, 6.45) is 3.93. The number of carbonyl (C=O) groups excluding carboxylic acids is 1. The van der Waals surface area contributed by atoms with Crippen molar-refractivity contribution in [3.8, 4) is 11.5 Å². The van der Waals surface area contributed by atoms with Gasteiger partial charge < -0.3 is 9.42 Å². The molecule has 0 spiro atoms. The van der Waals surface area contributed by atoms with Crippen LogP contribution in [0.3, 0.4) is 0 Å². The van der Waals surface area contributed by atoms with Crippen LogP contribution in [-0.4, -0.2) is 44.0 Å². The fourth-order valence-corrected chi connectivity index (χ4v) is 2.92. The van der Waals surface area contributed by atoms with E-state index in [1.165, 1.54) is 6.20 Å². The molecule has 25 heavy (non-hydrogen) atoms. The highest BCUT2D eigenvalue weighted by Gasteiger charge is 2.31. The highest BCUT2D eigenvalue weighted by atomic mass is 16.5. The minimum atomic E-state index is -0.109. The maximum absolute atomic E-state index is 12.5. The summed E-state index contributed by atoms with van der Waals surface area (Å²) < 4.78 is 5.37. The van der Waals surface area contributed by atoms with E-state index in [0.717, 1.165) is 17.7 Å². The maximum atomic E-state index is 12.5. The van der Waals surface area contributed by atoms with Crippen LogP contribution in [-0.2, 0) is 0 Å². The molecule has 3 heterocycles.